The van der Waals surface area contributed by atoms with E-state index < -0.39 is 21.3 Å². The van der Waals surface area contributed by atoms with Crippen LogP contribution in [0.4, 0.5) is 0 Å². The number of carbonyl (C=O) groups excluding carboxylic acids is 1. The molecule has 1 amide bonds. The second-order valence-corrected chi connectivity index (χ2v) is 10.1. The molecular formula is C25H32NO9S-. The van der Waals surface area contributed by atoms with Crippen LogP contribution in [0.1, 0.15) is 35.2 Å². The number of nitrogens with zero attached hydrogens (tertiary/aromatic N) is 1. The van der Waals surface area contributed by atoms with E-state index in [0.717, 1.165) is 5.56 Å². The minimum absolute atomic E-state index is 0.173. The Bertz CT molecular complexity index is 1170. The minimum Gasteiger partial charge on any atom is -0.748 e. The summed E-state index contributed by atoms with van der Waals surface area (Å²) < 4.78 is 60.7. The first-order valence-electron chi connectivity index (χ1n) is 11.4. The Hall–Kier alpha value is -3.18. The van der Waals surface area contributed by atoms with Crippen LogP contribution in [0.25, 0.3) is 0 Å². The normalized spacial score (nSPS) is 17.6. The van der Waals surface area contributed by atoms with E-state index in [2.05, 4.69) is 0 Å². The van der Waals surface area contributed by atoms with Crippen molar-refractivity contribution in [3.63, 3.8) is 0 Å². The van der Waals surface area contributed by atoms with Crippen LogP contribution in [-0.4, -0.2) is 78.2 Å². The van der Waals surface area contributed by atoms with E-state index in [1.54, 1.807) is 30.2 Å². The molecule has 1 atom stereocenters. The molecule has 1 aliphatic heterocycles. The Morgan fingerprint density at radius 1 is 0.917 bits per heavy atom. The van der Waals surface area contributed by atoms with Gasteiger partial charge < -0.3 is 33.1 Å². The van der Waals surface area contributed by atoms with Gasteiger partial charge in [-0.25, -0.2) is 8.42 Å². The monoisotopic (exact) mass is 522 g/mol. The standard InChI is InChI=1S/C25H33NO9S/c1-31-19-8-7-18(15-20(19)32-2)25(9-6-12-36(28,29)30)10-11-26(16-25)24(27)17-13-21(33-3)23(35-5)22(14-17)34-4/h7-8,13-15H,6,9-12,16H2,1-5H3,(H,28,29,30)/p-1. The van der Waals surface area contributed by atoms with E-state index in [-0.39, 0.29) is 12.3 Å². The fourth-order valence-electron chi connectivity index (χ4n) is 4.77. The van der Waals surface area contributed by atoms with Crippen LogP contribution >= 0.6 is 0 Å². The molecule has 1 unspecified atom stereocenters. The van der Waals surface area contributed by atoms with Gasteiger partial charge in [0.05, 0.1) is 45.7 Å². The molecule has 0 bridgehead atoms. The molecule has 0 radical (unpaired) electrons. The van der Waals surface area contributed by atoms with Crippen molar-refractivity contribution in [2.24, 2.45) is 0 Å². The Labute approximate surface area is 211 Å². The van der Waals surface area contributed by atoms with E-state index in [1.807, 2.05) is 12.1 Å². The van der Waals surface area contributed by atoms with Crippen LogP contribution in [0, 0.1) is 0 Å². The topological polar surface area (TPSA) is 124 Å². The maximum atomic E-state index is 13.5. The van der Waals surface area contributed by atoms with E-state index in [0.29, 0.717) is 60.2 Å². The zero-order valence-corrected chi connectivity index (χ0v) is 22.0. The zero-order valence-electron chi connectivity index (χ0n) is 21.2. The lowest BCUT2D eigenvalue weighted by Gasteiger charge is -2.31. The third-order valence-electron chi connectivity index (χ3n) is 6.60. The summed E-state index contributed by atoms with van der Waals surface area (Å²) in [7, 11) is 3.17. The summed E-state index contributed by atoms with van der Waals surface area (Å²) in [5.74, 6) is 1.51. The van der Waals surface area contributed by atoms with Crippen molar-refractivity contribution in [2.75, 3.05) is 54.4 Å². The molecule has 0 N–H and O–H groups in total. The molecule has 2 aromatic carbocycles. The number of amides is 1. The van der Waals surface area contributed by atoms with Crippen molar-refractivity contribution in [3.8, 4) is 28.7 Å². The lowest BCUT2D eigenvalue weighted by atomic mass is 9.76. The molecule has 0 aliphatic carbocycles. The van der Waals surface area contributed by atoms with Crippen LogP contribution in [0.3, 0.4) is 0 Å². The van der Waals surface area contributed by atoms with E-state index in [1.165, 1.54) is 28.4 Å². The van der Waals surface area contributed by atoms with Gasteiger partial charge in [-0.1, -0.05) is 6.07 Å². The molecule has 2 aromatic rings. The van der Waals surface area contributed by atoms with Gasteiger partial charge in [0.1, 0.15) is 0 Å². The van der Waals surface area contributed by atoms with Crippen molar-refractivity contribution in [1.82, 2.24) is 4.90 Å². The zero-order chi connectivity index (χ0) is 26.5. The highest BCUT2D eigenvalue weighted by atomic mass is 32.2. The Kier molecular flexibility index (Phi) is 8.57. The number of carbonyl (C=O) groups is 1. The van der Waals surface area contributed by atoms with Gasteiger partial charge in [0.2, 0.25) is 5.75 Å². The first-order valence-corrected chi connectivity index (χ1v) is 12.9. The van der Waals surface area contributed by atoms with Gasteiger partial charge >= 0.3 is 0 Å². The summed E-state index contributed by atoms with van der Waals surface area (Å²) >= 11 is 0. The number of hydrogen-bond donors (Lipinski definition) is 0. The highest BCUT2D eigenvalue weighted by Gasteiger charge is 2.42. The molecule has 198 valence electrons. The number of hydrogen-bond acceptors (Lipinski definition) is 9. The van der Waals surface area contributed by atoms with Gasteiger partial charge in [0.25, 0.3) is 5.91 Å². The third kappa shape index (κ3) is 5.79. The van der Waals surface area contributed by atoms with Gasteiger partial charge in [-0.3, -0.25) is 4.79 Å². The van der Waals surface area contributed by atoms with Crippen LogP contribution in [-0.2, 0) is 15.5 Å². The summed E-state index contributed by atoms with van der Waals surface area (Å²) in [6.07, 6.45) is 1.16. The highest BCUT2D eigenvalue weighted by Crippen LogP contribution is 2.43. The quantitative estimate of drug-likeness (QED) is 0.410. The maximum Gasteiger partial charge on any atom is 0.254 e. The van der Waals surface area contributed by atoms with E-state index >= 15 is 0 Å². The highest BCUT2D eigenvalue weighted by molar-refractivity contribution is 7.85. The first-order chi connectivity index (χ1) is 17.1. The molecule has 1 aliphatic rings. The molecule has 36 heavy (non-hydrogen) atoms. The fraction of sp³-hybridized carbons (Fsp3) is 0.480. The van der Waals surface area contributed by atoms with Gasteiger partial charge in [0.15, 0.2) is 23.0 Å². The van der Waals surface area contributed by atoms with Crippen molar-refractivity contribution in [2.45, 2.75) is 24.7 Å². The summed E-state index contributed by atoms with van der Waals surface area (Å²) in [5, 5.41) is 0. The second-order valence-electron chi connectivity index (χ2n) is 8.61. The minimum atomic E-state index is -4.36. The smallest absolute Gasteiger partial charge is 0.254 e. The van der Waals surface area contributed by atoms with Crippen LogP contribution in [0.5, 0.6) is 28.7 Å². The molecule has 1 heterocycles. The number of rotatable bonds is 11. The fourth-order valence-corrected chi connectivity index (χ4v) is 5.27. The molecule has 0 saturated carbocycles. The van der Waals surface area contributed by atoms with Gasteiger partial charge in [-0.2, -0.15) is 0 Å². The van der Waals surface area contributed by atoms with Gasteiger partial charge in [0, 0.05) is 29.8 Å². The number of likely N-dealkylation sites (tertiary alicyclic amines) is 1. The Morgan fingerprint density at radius 3 is 2.06 bits per heavy atom. The molecule has 11 heteroatoms. The van der Waals surface area contributed by atoms with Crippen LogP contribution in [0.15, 0.2) is 30.3 Å². The molecule has 3 rings (SSSR count). The van der Waals surface area contributed by atoms with Crippen molar-refractivity contribution < 1.29 is 41.4 Å². The Morgan fingerprint density at radius 2 is 1.53 bits per heavy atom. The maximum absolute atomic E-state index is 13.5. The number of benzene rings is 2. The molecule has 10 nitrogen and oxygen atoms in total. The number of ether oxygens (including phenoxy) is 5. The Balaban J connectivity index is 1.96. The summed E-state index contributed by atoms with van der Waals surface area (Å²) in [5.41, 5.74) is 0.680. The van der Waals surface area contributed by atoms with Crippen LogP contribution < -0.4 is 23.7 Å². The van der Waals surface area contributed by atoms with Crippen molar-refractivity contribution in [3.05, 3.63) is 41.5 Å². The lowest BCUT2D eigenvalue weighted by Crippen LogP contribution is -2.35. The first kappa shape index (κ1) is 27.4. The largest absolute Gasteiger partial charge is 0.748 e. The van der Waals surface area contributed by atoms with Gasteiger partial charge in [-0.15, -0.1) is 0 Å². The van der Waals surface area contributed by atoms with E-state index in [4.69, 9.17) is 23.7 Å². The molecule has 0 spiro atoms. The van der Waals surface area contributed by atoms with Crippen molar-refractivity contribution in [1.29, 1.82) is 0 Å². The predicted molar refractivity (Wildman–Crippen MR) is 132 cm³/mol. The lowest BCUT2D eigenvalue weighted by molar-refractivity contribution is 0.0781. The summed E-state index contributed by atoms with van der Waals surface area (Å²) in [6, 6.07) is 8.72. The molecule has 0 aromatic heterocycles. The van der Waals surface area contributed by atoms with Crippen molar-refractivity contribution >= 4 is 16.0 Å². The predicted octanol–water partition coefficient (Wildman–Crippen LogP) is 2.84. The third-order valence-corrected chi connectivity index (χ3v) is 7.39. The average molecular weight is 523 g/mol. The summed E-state index contributed by atoms with van der Waals surface area (Å²) in [4.78, 5) is 15.3. The van der Waals surface area contributed by atoms with E-state index in [9.17, 15) is 17.8 Å². The second kappa shape index (κ2) is 11.3. The SMILES string of the molecule is COc1ccc(C2(CCCS(=O)(=O)[O-])CCN(C(=O)c3cc(OC)c(OC)c(OC)c3)C2)cc1OC. The summed E-state index contributed by atoms with van der Waals surface area (Å²) in [6.45, 7) is 0.769. The molecular weight excluding hydrogens is 490 g/mol. The van der Waals surface area contributed by atoms with Crippen LogP contribution in [0.2, 0.25) is 0 Å². The average Bonchev–Trinajstić information content (AvgIpc) is 3.31. The number of methoxy groups -OCH3 is 5. The molecule has 1 fully saturated rings. The van der Waals surface area contributed by atoms with Gasteiger partial charge in [-0.05, 0) is 49.1 Å². The molecule has 1 saturated heterocycles.